The van der Waals surface area contributed by atoms with E-state index in [0.717, 1.165) is 25.7 Å². The molecule has 0 radical (unpaired) electrons. The van der Waals surface area contributed by atoms with Crippen LogP contribution in [0.2, 0.25) is 0 Å². The standard InChI is InChI=1S/C36H42/c1-9-36-29(8)28(7)34(22-35(36)19-31-16-12-24(3)13-17-31)21-33-20-32(26(5)25(4)27(33)6)18-30-14-10-23(2)11-15-30/h10-17,20,22H,9,18-19,21H2,1-8H3. The molecule has 0 aliphatic rings. The highest BCUT2D eigenvalue weighted by atomic mass is 14.2. The number of hydrogen-bond donors (Lipinski definition) is 0. The van der Waals surface area contributed by atoms with E-state index in [4.69, 9.17) is 0 Å². The van der Waals surface area contributed by atoms with Crippen molar-refractivity contribution in [2.24, 2.45) is 0 Å². The first-order valence-electron chi connectivity index (χ1n) is 13.5. The van der Waals surface area contributed by atoms with E-state index in [9.17, 15) is 0 Å². The smallest absolute Gasteiger partial charge is 0.00201 e. The van der Waals surface area contributed by atoms with Gasteiger partial charge < -0.3 is 0 Å². The van der Waals surface area contributed by atoms with Gasteiger partial charge in [0.15, 0.2) is 0 Å². The summed E-state index contributed by atoms with van der Waals surface area (Å²) in [4.78, 5) is 0. The summed E-state index contributed by atoms with van der Waals surface area (Å²) in [6.07, 6.45) is 4.07. The van der Waals surface area contributed by atoms with E-state index in [0.29, 0.717) is 0 Å². The zero-order chi connectivity index (χ0) is 26.0. The van der Waals surface area contributed by atoms with Crippen molar-refractivity contribution in [3.63, 3.8) is 0 Å². The molecule has 0 fully saturated rings. The second kappa shape index (κ2) is 10.9. The Kier molecular flexibility index (Phi) is 7.84. The predicted octanol–water partition coefficient (Wildman–Crippen LogP) is 9.18. The van der Waals surface area contributed by atoms with E-state index >= 15 is 0 Å². The number of benzene rings is 4. The Morgan fingerprint density at radius 2 is 0.806 bits per heavy atom. The van der Waals surface area contributed by atoms with Gasteiger partial charge in [0.2, 0.25) is 0 Å². The Morgan fingerprint density at radius 3 is 1.28 bits per heavy atom. The van der Waals surface area contributed by atoms with E-state index in [1.165, 1.54) is 77.9 Å². The molecule has 4 rings (SSSR count). The van der Waals surface area contributed by atoms with Gasteiger partial charge in [0.25, 0.3) is 0 Å². The molecule has 0 heterocycles. The normalized spacial score (nSPS) is 11.2. The van der Waals surface area contributed by atoms with Gasteiger partial charge in [-0.1, -0.05) is 78.7 Å². The molecule has 0 unspecified atom stereocenters. The maximum Gasteiger partial charge on any atom is -0.00201 e. The minimum Gasteiger partial charge on any atom is -0.0613 e. The molecule has 0 saturated heterocycles. The molecule has 0 heteroatoms. The van der Waals surface area contributed by atoms with Crippen molar-refractivity contribution in [1.82, 2.24) is 0 Å². The molecule has 0 nitrogen and oxygen atoms in total. The van der Waals surface area contributed by atoms with Gasteiger partial charge in [-0.25, -0.2) is 0 Å². The van der Waals surface area contributed by atoms with Crippen LogP contribution in [-0.4, -0.2) is 0 Å². The van der Waals surface area contributed by atoms with Gasteiger partial charge >= 0.3 is 0 Å². The molecule has 4 aromatic rings. The van der Waals surface area contributed by atoms with Crippen molar-refractivity contribution in [2.75, 3.05) is 0 Å². The minimum absolute atomic E-state index is 0.991. The molecule has 0 amide bonds. The van der Waals surface area contributed by atoms with Crippen LogP contribution in [-0.2, 0) is 25.7 Å². The summed E-state index contributed by atoms with van der Waals surface area (Å²) in [6.45, 7) is 18.2. The third kappa shape index (κ3) is 5.49. The fourth-order valence-electron chi connectivity index (χ4n) is 5.56. The van der Waals surface area contributed by atoms with Crippen LogP contribution in [0.25, 0.3) is 0 Å². The molecule has 0 saturated carbocycles. The molecule has 0 atom stereocenters. The van der Waals surface area contributed by atoms with Crippen LogP contribution in [0.5, 0.6) is 0 Å². The Hall–Kier alpha value is -3.12. The van der Waals surface area contributed by atoms with Crippen LogP contribution in [0.1, 0.15) is 84.8 Å². The van der Waals surface area contributed by atoms with Crippen molar-refractivity contribution < 1.29 is 0 Å². The largest absolute Gasteiger partial charge is 0.0613 e. The Bertz CT molecular complexity index is 1370. The summed E-state index contributed by atoms with van der Waals surface area (Å²) in [6, 6.07) is 23.0. The zero-order valence-corrected chi connectivity index (χ0v) is 23.6. The van der Waals surface area contributed by atoms with Crippen LogP contribution in [0.15, 0.2) is 60.7 Å². The van der Waals surface area contributed by atoms with Crippen LogP contribution in [0.3, 0.4) is 0 Å². The molecule has 0 bridgehead atoms. The first-order valence-corrected chi connectivity index (χ1v) is 13.5. The lowest BCUT2D eigenvalue weighted by atomic mass is 9.84. The molecular formula is C36H42. The summed E-state index contributed by atoms with van der Waals surface area (Å²) in [5, 5.41) is 0. The lowest BCUT2D eigenvalue weighted by Gasteiger charge is -2.21. The topological polar surface area (TPSA) is 0 Å². The highest BCUT2D eigenvalue weighted by Crippen LogP contribution is 2.30. The van der Waals surface area contributed by atoms with E-state index in [-0.39, 0.29) is 0 Å². The van der Waals surface area contributed by atoms with E-state index in [1.807, 2.05) is 0 Å². The van der Waals surface area contributed by atoms with Gasteiger partial charge in [0.05, 0.1) is 0 Å². The van der Waals surface area contributed by atoms with Crippen LogP contribution < -0.4 is 0 Å². The SMILES string of the molecule is CCc1c(Cc2ccc(C)cc2)cc(Cc2cc(Cc3ccc(C)cc3)c(C)c(C)c2C)c(C)c1C. The molecule has 0 spiro atoms. The lowest BCUT2D eigenvalue weighted by Crippen LogP contribution is -2.07. The molecule has 36 heavy (non-hydrogen) atoms. The second-order valence-electron chi connectivity index (χ2n) is 10.8. The van der Waals surface area contributed by atoms with Crippen LogP contribution in [0.4, 0.5) is 0 Å². The summed E-state index contributed by atoms with van der Waals surface area (Å²) in [5.74, 6) is 0. The highest BCUT2D eigenvalue weighted by molar-refractivity contribution is 5.52. The third-order valence-corrected chi connectivity index (χ3v) is 8.43. The molecular weight excluding hydrogens is 432 g/mol. The number of rotatable bonds is 7. The monoisotopic (exact) mass is 474 g/mol. The maximum absolute atomic E-state index is 2.51. The maximum atomic E-state index is 2.51. The molecule has 0 aromatic heterocycles. The fraction of sp³-hybridized carbons (Fsp3) is 0.333. The first kappa shape index (κ1) is 26.0. The molecule has 4 aromatic carbocycles. The van der Waals surface area contributed by atoms with E-state index in [2.05, 4.69) is 116 Å². The highest BCUT2D eigenvalue weighted by Gasteiger charge is 2.16. The Morgan fingerprint density at radius 1 is 0.417 bits per heavy atom. The average Bonchev–Trinajstić information content (AvgIpc) is 2.86. The van der Waals surface area contributed by atoms with Crippen LogP contribution >= 0.6 is 0 Å². The summed E-state index contributed by atoms with van der Waals surface area (Å²) in [7, 11) is 0. The number of hydrogen-bond acceptors (Lipinski definition) is 0. The molecule has 0 aliphatic heterocycles. The summed E-state index contributed by atoms with van der Waals surface area (Å²) >= 11 is 0. The van der Waals surface area contributed by atoms with Gasteiger partial charge in [-0.3, -0.25) is 0 Å². The van der Waals surface area contributed by atoms with Crippen molar-refractivity contribution >= 4 is 0 Å². The Balaban J connectivity index is 1.73. The van der Waals surface area contributed by atoms with Gasteiger partial charge in [0.1, 0.15) is 0 Å². The minimum atomic E-state index is 0.991. The molecule has 0 aliphatic carbocycles. The first-order chi connectivity index (χ1) is 17.2. The van der Waals surface area contributed by atoms with E-state index < -0.39 is 0 Å². The quantitative estimate of drug-likeness (QED) is 0.250. The van der Waals surface area contributed by atoms with Gasteiger partial charge in [-0.2, -0.15) is 0 Å². The van der Waals surface area contributed by atoms with Crippen molar-refractivity contribution in [2.45, 2.75) is 81.1 Å². The zero-order valence-electron chi connectivity index (χ0n) is 23.6. The fourth-order valence-corrected chi connectivity index (χ4v) is 5.56. The van der Waals surface area contributed by atoms with E-state index in [1.54, 1.807) is 0 Å². The second-order valence-corrected chi connectivity index (χ2v) is 10.8. The summed E-state index contributed by atoms with van der Waals surface area (Å²) in [5.41, 5.74) is 20.1. The Labute approximate surface area is 219 Å². The molecule has 186 valence electrons. The summed E-state index contributed by atoms with van der Waals surface area (Å²) < 4.78 is 0. The van der Waals surface area contributed by atoms with Crippen molar-refractivity contribution in [1.29, 1.82) is 0 Å². The van der Waals surface area contributed by atoms with Gasteiger partial charge in [-0.05, 0) is 141 Å². The van der Waals surface area contributed by atoms with Gasteiger partial charge in [-0.15, -0.1) is 0 Å². The van der Waals surface area contributed by atoms with Crippen molar-refractivity contribution in [3.05, 3.63) is 139 Å². The average molecular weight is 475 g/mol. The lowest BCUT2D eigenvalue weighted by molar-refractivity contribution is 0.994. The third-order valence-electron chi connectivity index (χ3n) is 8.43. The molecule has 0 N–H and O–H groups in total. The van der Waals surface area contributed by atoms with Gasteiger partial charge in [0, 0.05) is 0 Å². The van der Waals surface area contributed by atoms with Crippen molar-refractivity contribution in [3.8, 4) is 0 Å². The predicted molar refractivity (Wildman–Crippen MR) is 157 cm³/mol. The van der Waals surface area contributed by atoms with Crippen LogP contribution in [0, 0.1) is 48.5 Å². The number of aryl methyl sites for hydroxylation is 2.